The number of esters is 1. The molecule has 0 saturated heterocycles. The van der Waals surface area contributed by atoms with Crippen molar-refractivity contribution in [3.05, 3.63) is 35.4 Å². The van der Waals surface area contributed by atoms with Crippen molar-refractivity contribution >= 4 is 5.97 Å². The van der Waals surface area contributed by atoms with Crippen molar-refractivity contribution < 1.29 is 44.8 Å². The summed E-state index contributed by atoms with van der Waals surface area (Å²) in [7, 11) is 1.41. The molecule has 4 heteroatoms. The van der Waals surface area contributed by atoms with Gasteiger partial charge in [0.15, 0.2) is 0 Å². The van der Waals surface area contributed by atoms with E-state index in [0.717, 1.165) is 28.9 Å². The third kappa shape index (κ3) is 3.20. The summed E-state index contributed by atoms with van der Waals surface area (Å²) in [5.74, 6) is -0.237. The second-order valence-corrected chi connectivity index (χ2v) is 3.45. The van der Waals surface area contributed by atoms with Crippen LogP contribution in [0, 0.1) is 0 Å². The molecule has 0 radical (unpaired) electrons. The van der Waals surface area contributed by atoms with Gasteiger partial charge in [-0.3, -0.25) is 0 Å². The number of carbonyl (C=O) groups excluding carboxylic acids is 1. The van der Waals surface area contributed by atoms with Gasteiger partial charge in [0.05, 0.1) is 0 Å². The number of halogens is 1. The van der Waals surface area contributed by atoms with Gasteiger partial charge in [-0.15, -0.1) is 0 Å². The summed E-state index contributed by atoms with van der Waals surface area (Å²) in [5.41, 5.74) is 1.79. The Morgan fingerprint density at radius 3 is 2.62 bits per heavy atom. The van der Waals surface area contributed by atoms with Crippen LogP contribution in [0.5, 0.6) is 0 Å². The van der Waals surface area contributed by atoms with Gasteiger partial charge in [-0.25, -0.2) is 0 Å². The molecule has 2 nitrogen and oxygen atoms in total. The van der Waals surface area contributed by atoms with E-state index in [1.807, 2.05) is 18.2 Å². The summed E-state index contributed by atoms with van der Waals surface area (Å²) in [6.45, 7) is 0. The Bertz CT molecular complexity index is 289. The monoisotopic (exact) mass is 292 g/mol. The first kappa shape index (κ1) is 12.8. The van der Waals surface area contributed by atoms with E-state index < -0.39 is 0 Å². The first-order valence-corrected chi connectivity index (χ1v) is 5.85. The number of benzene rings is 1. The van der Waals surface area contributed by atoms with Gasteiger partial charge in [-0.2, -0.15) is 0 Å². The molecule has 0 fully saturated rings. The summed E-state index contributed by atoms with van der Waals surface area (Å²) in [4.78, 5) is 11.2. The third-order valence-electron chi connectivity index (χ3n) is 1.69. The van der Waals surface area contributed by atoms with Crippen LogP contribution < -0.4 is 17.0 Å². The maximum Gasteiger partial charge on any atom is -1.00 e. The van der Waals surface area contributed by atoms with Crippen molar-refractivity contribution in [2.75, 3.05) is 7.11 Å². The minimum absolute atomic E-state index is 0. The number of hydrogen-bond donors (Lipinski definition) is 0. The Kier molecular flexibility index (Phi) is 6.18. The van der Waals surface area contributed by atoms with Crippen molar-refractivity contribution in [2.45, 2.75) is 5.02 Å². The molecule has 0 unspecified atom stereocenters. The molecule has 0 aromatic heterocycles. The van der Waals surface area contributed by atoms with Crippen molar-refractivity contribution in [3.63, 3.8) is 0 Å². The Hall–Kier alpha value is -0.207. The van der Waals surface area contributed by atoms with Crippen molar-refractivity contribution in [1.82, 2.24) is 0 Å². The van der Waals surface area contributed by atoms with Crippen LogP contribution in [0.15, 0.2) is 24.3 Å². The van der Waals surface area contributed by atoms with E-state index in [9.17, 15) is 4.79 Å². The van der Waals surface area contributed by atoms with Crippen molar-refractivity contribution in [2.24, 2.45) is 0 Å². The summed E-state index contributed by atoms with van der Waals surface area (Å²) >= 11 is 1.16. The fraction of sp³-hybridized carbons (Fsp3) is 0.222. The summed E-state index contributed by atoms with van der Waals surface area (Å²) in [6, 6.07) is 7.56. The SMILES string of the molecule is COC(=O)c1ccccc1[CH2][Zn+].[Br-]. The Morgan fingerprint density at radius 1 is 1.46 bits per heavy atom. The summed E-state index contributed by atoms with van der Waals surface area (Å²) < 4.78 is 4.65. The average molecular weight is 294 g/mol. The van der Waals surface area contributed by atoms with E-state index in [4.69, 9.17) is 0 Å². The fourth-order valence-electron chi connectivity index (χ4n) is 1.05. The minimum Gasteiger partial charge on any atom is -1.00 e. The zero-order valence-electron chi connectivity index (χ0n) is 7.42. The molecule has 0 atom stereocenters. The van der Waals surface area contributed by atoms with Crippen LogP contribution in [0.25, 0.3) is 0 Å². The molecule has 0 aliphatic carbocycles. The normalized spacial score (nSPS) is 8.85. The molecule has 0 bridgehead atoms. The third-order valence-corrected chi connectivity index (χ3v) is 2.82. The second-order valence-electron chi connectivity index (χ2n) is 2.40. The molecule has 0 N–H and O–H groups in total. The standard InChI is InChI=1S/C9H9O2.BrH.Zn/c1-7-5-3-4-6-8(7)9(10)11-2;;/h3-6H,1H2,2H3;1H;/q;;+1/p-1. The van der Waals surface area contributed by atoms with Crippen LogP contribution in [-0.4, -0.2) is 13.1 Å². The molecule has 0 spiro atoms. The van der Waals surface area contributed by atoms with Crippen LogP contribution in [0.4, 0.5) is 0 Å². The Morgan fingerprint density at radius 2 is 2.08 bits per heavy atom. The van der Waals surface area contributed by atoms with Gasteiger partial charge >= 0.3 is 81.3 Å². The van der Waals surface area contributed by atoms with Gasteiger partial charge in [-0.05, 0) is 0 Å². The molecule has 1 rings (SSSR count). The zero-order valence-corrected chi connectivity index (χ0v) is 12.0. The minimum atomic E-state index is -0.237. The number of rotatable bonds is 2. The smallest absolute Gasteiger partial charge is 1.00 e. The first-order valence-electron chi connectivity index (χ1n) is 3.75. The number of methoxy groups -OCH3 is 1. The average Bonchev–Trinajstić information content (AvgIpc) is 2.16. The molecule has 0 aliphatic heterocycles. The van der Waals surface area contributed by atoms with E-state index >= 15 is 0 Å². The molecule has 13 heavy (non-hydrogen) atoms. The van der Waals surface area contributed by atoms with E-state index in [1.165, 1.54) is 7.11 Å². The molecule has 1 aromatic carbocycles. The Labute approximate surface area is 98.1 Å². The Balaban J connectivity index is 0.00000144. The van der Waals surface area contributed by atoms with Crippen LogP contribution in [0.3, 0.4) is 0 Å². The molecular formula is C9H9BrO2Zn. The molecule has 1 aromatic rings. The zero-order chi connectivity index (χ0) is 8.97. The van der Waals surface area contributed by atoms with Gasteiger partial charge in [0.25, 0.3) is 0 Å². The number of carbonyl (C=O) groups is 1. The number of ether oxygens (including phenoxy) is 1. The van der Waals surface area contributed by atoms with Gasteiger partial charge in [0.1, 0.15) is 0 Å². The largest absolute Gasteiger partial charge is 1.00 e. The van der Waals surface area contributed by atoms with E-state index in [1.54, 1.807) is 6.07 Å². The first-order chi connectivity index (χ1) is 5.79. The predicted octanol–water partition coefficient (Wildman–Crippen LogP) is -1.48. The molecule has 66 valence electrons. The maximum atomic E-state index is 11.2. The van der Waals surface area contributed by atoms with E-state index in [0.29, 0.717) is 5.56 Å². The van der Waals surface area contributed by atoms with Gasteiger partial charge in [-0.1, -0.05) is 0 Å². The van der Waals surface area contributed by atoms with Crippen LogP contribution in [0.2, 0.25) is 0 Å². The van der Waals surface area contributed by atoms with Crippen molar-refractivity contribution in [3.8, 4) is 0 Å². The van der Waals surface area contributed by atoms with Gasteiger partial charge in [0, 0.05) is 0 Å². The van der Waals surface area contributed by atoms with E-state index in [-0.39, 0.29) is 23.0 Å². The molecular weight excluding hydrogens is 285 g/mol. The van der Waals surface area contributed by atoms with E-state index in [2.05, 4.69) is 4.74 Å². The molecule has 0 saturated carbocycles. The number of hydrogen-bond acceptors (Lipinski definition) is 2. The quantitative estimate of drug-likeness (QED) is 0.491. The maximum absolute atomic E-state index is 11.2. The molecule has 0 heterocycles. The fourth-order valence-corrected chi connectivity index (χ4v) is 1.96. The van der Waals surface area contributed by atoms with Gasteiger partial charge in [0.2, 0.25) is 0 Å². The van der Waals surface area contributed by atoms with Gasteiger partial charge < -0.3 is 17.0 Å². The predicted molar refractivity (Wildman–Crippen MR) is 41.5 cm³/mol. The summed E-state index contributed by atoms with van der Waals surface area (Å²) in [5, 5.41) is 0.977. The second kappa shape index (κ2) is 6.28. The van der Waals surface area contributed by atoms with Crippen LogP contribution in [0.1, 0.15) is 15.9 Å². The topological polar surface area (TPSA) is 26.3 Å². The van der Waals surface area contributed by atoms with Crippen molar-refractivity contribution in [1.29, 1.82) is 0 Å². The summed E-state index contributed by atoms with van der Waals surface area (Å²) in [6.07, 6.45) is 0. The van der Waals surface area contributed by atoms with Crippen LogP contribution in [-0.2, 0) is 28.1 Å². The molecule has 0 aliphatic rings. The van der Waals surface area contributed by atoms with Crippen LogP contribution >= 0.6 is 0 Å². The molecule has 0 amide bonds.